The van der Waals surface area contributed by atoms with E-state index in [0.717, 1.165) is 12.5 Å². The van der Waals surface area contributed by atoms with Crippen LogP contribution in [0.4, 0.5) is 0 Å². The summed E-state index contributed by atoms with van der Waals surface area (Å²) in [5.41, 5.74) is 3.32. The Bertz CT molecular complexity index is 371. The van der Waals surface area contributed by atoms with Crippen LogP contribution < -0.4 is 5.32 Å². The van der Waals surface area contributed by atoms with E-state index < -0.39 is 0 Å². The van der Waals surface area contributed by atoms with Gasteiger partial charge in [-0.2, -0.15) is 0 Å². The minimum Gasteiger partial charge on any atom is -0.312 e. The highest BCUT2D eigenvalue weighted by Crippen LogP contribution is 2.36. The first-order valence-electron chi connectivity index (χ1n) is 7.38. The second-order valence-corrected chi connectivity index (χ2v) is 6.65. The Hall–Kier alpha value is -0.820. The van der Waals surface area contributed by atoms with Crippen molar-refractivity contribution in [3.8, 4) is 0 Å². The molecule has 1 nitrogen and oxygen atoms in total. The predicted molar refractivity (Wildman–Crippen MR) is 79.1 cm³/mol. The topological polar surface area (TPSA) is 12.0 Å². The second-order valence-electron chi connectivity index (χ2n) is 6.65. The maximum Gasteiger partial charge on any atom is 0.00965 e. The van der Waals surface area contributed by atoms with Crippen LogP contribution in [0.3, 0.4) is 0 Å². The van der Waals surface area contributed by atoms with E-state index >= 15 is 0 Å². The van der Waals surface area contributed by atoms with E-state index in [9.17, 15) is 0 Å². The lowest BCUT2D eigenvalue weighted by atomic mass is 9.79. The highest BCUT2D eigenvalue weighted by Gasteiger charge is 2.19. The number of benzene rings is 1. The number of rotatable bonds is 5. The summed E-state index contributed by atoms with van der Waals surface area (Å²) in [7, 11) is 0. The summed E-state index contributed by atoms with van der Waals surface area (Å²) in [5.74, 6) is 0.859. The smallest absolute Gasteiger partial charge is 0.00965 e. The lowest BCUT2D eigenvalue weighted by molar-refractivity contribution is 0.418. The van der Waals surface area contributed by atoms with E-state index in [-0.39, 0.29) is 5.54 Å². The zero-order valence-corrected chi connectivity index (χ0v) is 12.1. The molecule has 1 aliphatic rings. The molecule has 1 N–H and O–H groups in total. The first kappa shape index (κ1) is 13.6. The molecule has 1 aromatic carbocycles. The lowest BCUT2D eigenvalue weighted by Crippen LogP contribution is -2.36. The van der Waals surface area contributed by atoms with Gasteiger partial charge < -0.3 is 5.32 Å². The monoisotopic (exact) mass is 245 g/mol. The van der Waals surface area contributed by atoms with Crippen molar-refractivity contribution >= 4 is 0 Å². The van der Waals surface area contributed by atoms with Gasteiger partial charge in [-0.1, -0.05) is 30.7 Å². The van der Waals surface area contributed by atoms with Gasteiger partial charge in [0.15, 0.2) is 0 Å². The van der Waals surface area contributed by atoms with Gasteiger partial charge in [0.25, 0.3) is 0 Å². The summed E-state index contributed by atoms with van der Waals surface area (Å²) in [6.45, 7) is 7.79. The molecule has 1 aromatic rings. The van der Waals surface area contributed by atoms with E-state index in [1.807, 2.05) is 0 Å². The fraction of sp³-hybridized carbons (Fsp3) is 0.647. The zero-order chi connectivity index (χ0) is 13.0. The Morgan fingerprint density at radius 3 is 2.61 bits per heavy atom. The SMILES string of the molecule is CC(C)(C)NCCCc1cccc(C2CCC2)c1. The Morgan fingerprint density at radius 2 is 2.00 bits per heavy atom. The van der Waals surface area contributed by atoms with Crippen molar-refractivity contribution in [1.29, 1.82) is 0 Å². The van der Waals surface area contributed by atoms with Crippen LogP contribution in [0, 0.1) is 0 Å². The lowest BCUT2D eigenvalue weighted by Gasteiger charge is -2.26. The van der Waals surface area contributed by atoms with Crippen LogP contribution in [0.15, 0.2) is 24.3 Å². The third-order valence-corrected chi connectivity index (χ3v) is 3.83. The fourth-order valence-electron chi connectivity index (χ4n) is 2.50. The molecule has 0 heterocycles. The van der Waals surface area contributed by atoms with Crippen molar-refractivity contribution in [1.82, 2.24) is 5.32 Å². The van der Waals surface area contributed by atoms with Gasteiger partial charge in [-0.15, -0.1) is 0 Å². The molecule has 0 atom stereocenters. The third-order valence-electron chi connectivity index (χ3n) is 3.83. The van der Waals surface area contributed by atoms with E-state index in [0.29, 0.717) is 0 Å². The number of aryl methyl sites for hydroxylation is 1. The van der Waals surface area contributed by atoms with Crippen LogP contribution in [0.1, 0.15) is 63.5 Å². The second kappa shape index (κ2) is 5.88. The van der Waals surface area contributed by atoms with Gasteiger partial charge in [0.1, 0.15) is 0 Å². The van der Waals surface area contributed by atoms with Crippen LogP contribution in [0.2, 0.25) is 0 Å². The molecule has 0 radical (unpaired) electrons. The largest absolute Gasteiger partial charge is 0.312 e. The standard InChI is InChI=1S/C17H27N/c1-17(2,3)18-12-6-8-14-7-4-11-16(13-14)15-9-5-10-15/h4,7,11,13,15,18H,5-6,8-10,12H2,1-3H3. The maximum absolute atomic E-state index is 3.55. The molecule has 0 unspecified atom stereocenters. The summed E-state index contributed by atoms with van der Waals surface area (Å²) < 4.78 is 0. The number of nitrogens with one attached hydrogen (secondary N) is 1. The summed E-state index contributed by atoms with van der Waals surface area (Å²) in [4.78, 5) is 0. The Kier molecular flexibility index (Phi) is 4.45. The zero-order valence-electron chi connectivity index (χ0n) is 12.1. The molecule has 1 aliphatic carbocycles. The van der Waals surface area contributed by atoms with Crippen molar-refractivity contribution in [2.45, 2.75) is 64.3 Å². The predicted octanol–water partition coefficient (Wildman–Crippen LogP) is 4.27. The molecule has 100 valence electrons. The molecule has 2 rings (SSSR count). The summed E-state index contributed by atoms with van der Waals surface area (Å²) in [6.07, 6.45) is 6.64. The third kappa shape index (κ3) is 4.13. The van der Waals surface area contributed by atoms with Crippen LogP contribution in [-0.2, 0) is 6.42 Å². The fourth-order valence-corrected chi connectivity index (χ4v) is 2.50. The first-order chi connectivity index (χ1) is 8.54. The molecule has 1 saturated carbocycles. The molecule has 18 heavy (non-hydrogen) atoms. The van der Waals surface area contributed by atoms with Crippen LogP contribution >= 0.6 is 0 Å². The molecule has 0 amide bonds. The highest BCUT2D eigenvalue weighted by molar-refractivity contribution is 5.27. The highest BCUT2D eigenvalue weighted by atomic mass is 14.9. The molecule has 0 spiro atoms. The van der Waals surface area contributed by atoms with Gasteiger partial charge >= 0.3 is 0 Å². The molecule has 1 heteroatoms. The molecule has 0 saturated heterocycles. The summed E-state index contributed by atoms with van der Waals surface area (Å²) >= 11 is 0. The molecule has 0 bridgehead atoms. The molecular formula is C17H27N. The molecule has 1 fully saturated rings. The molecule has 0 aliphatic heterocycles. The van der Waals surface area contributed by atoms with E-state index in [2.05, 4.69) is 50.4 Å². The average Bonchev–Trinajstić information content (AvgIpc) is 2.21. The van der Waals surface area contributed by atoms with Gasteiger partial charge in [-0.05, 0) is 70.0 Å². The number of hydrogen-bond donors (Lipinski definition) is 1. The van der Waals surface area contributed by atoms with E-state index in [1.165, 1.54) is 37.7 Å². The van der Waals surface area contributed by atoms with Gasteiger partial charge in [0.2, 0.25) is 0 Å². The Morgan fingerprint density at radius 1 is 1.22 bits per heavy atom. The van der Waals surface area contributed by atoms with Crippen molar-refractivity contribution in [3.63, 3.8) is 0 Å². The van der Waals surface area contributed by atoms with Crippen molar-refractivity contribution in [3.05, 3.63) is 35.4 Å². The quantitative estimate of drug-likeness (QED) is 0.764. The maximum atomic E-state index is 3.55. The number of hydrogen-bond acceptors (Lipinski definition) is 1. The van der Waals surface area contributed by atoms with Gasteiger partial charge in [0, 0.05) is 5.54 Å². The van der Waals surface area contributed by atoms with E-state index in [4.69, 9.17) is 0 Å². The first-order valence-corrected chi connectivity index (χ1v) is 7.38. The Balaban J connectivity index is 1.78. The minimum absolute atomic E-state index is 0.244. The van der Waals surface area contributed by atoms with Crippen molar-refractivity contribution in [2.75, 3.05) is 6.54 Å². The van der Waals surface area contributed by atoms with Gasteiger partial charge in [-0.25, -0.2) is 0 Å². The Labute approximate surface area is 112 Å². The normalized spacial score (nSPS) is 16.6. The minimum atomic E-state index is 0.244. The van der Waals surface area contributed by atoms with Crippen LogP contribution in [-0.4, -0.2) is 12.1 Å². The van der Waals surface area contributed by atoms with Gasteiger partial charge in [0.05, 0.1) is 0 Å². The average molecular weight is 245 g/mol. The molecular weight excluding hydrogens is 218 g/mol. The summed E-state index contributed by atoms with van der Waals surface area (Å²) in [6, 6.07) is 9.25. The van der Waals surface area contributed by atoms with Crippen molar-refractivity contribution < 1.29 is 0 Å². The summed E-state index contributed by atoms with van der Waals surface area (Å²) in [5, 5.41) is 3.55. The van der Waals surface area contributed by atoms with Crippen LogP contribution in [0.25, 0.3) is 0 Å². The van der Waals surface area contributed by atoms with E-state index in [1.54, 1.807) is 5.56 Å². The molecule has 0 aromatic heterocycles. The van der Waals surface area contributed by atoms with Crippen LogP contribution in [0.5, 0.6) is 0 Å². The van der Waals surface area contributed by atoms with Crippen molar-refractivity contribution in [2.24, 2.45) is 0 Å². The van der Waals surface area contributed by atoms with Gasteiger partial charge in [-0.3, -0.25) is 0 Å².